The molecule has 2 N–H and O–H groups in total. The lowest BCUT2D eigenvalue weighted by Gasteiger charge is -2.12. The van der Waals surface area contributed by atoms with E-state index in [1.54, 1.807) is 12.1 Å². The number of rotatable bonds is 7. The molecule has 0 aromatic heterocycles. The Morgan fingerprint density at radius 3 is 2.45 bits per heavy atom. The van der Waals surface area contributed by atoms with Crippen LogP contribution in [0.2, 0.25) is 5.02 Å². The molecule has 0 radical (unpaired) electrons. The topological polar surface area (TPSA) is 102 Å². The van der Waals surface area contributed by atoms with Crippen LogP contribution in [0.15, 0.2) is 72.8 Å². The Hall–Kier alpha value is -3.42. The van der Waals surface area contributed by atoms with Crippen LogP contribution in [-0.2, 0) is 0 Å². The van der Waals surface area contributed by atoms with E-state index < -0.39 is 11.0 Å². The van der Waals surface area contributed by atoms with Gasteiger partial charge in [0.15, 0.2) is 0 Å². The lowest BCUT2D eigenvalue weighted by Crippen LogP contribution is -2.28. The van der Waals surface area contributed by atoms with Gasteiger partial charge in [-0.2, -0.15) is 0 Å². The third-order valence-electron chi connectivity index (χ3n) is 4.10. The summed E-state index contributed by atoms with van der Waals surface area (Å²) in [5, 5.41) is 24.1. The number of amides is 1. The molecule has 8 heteroatoms. The number of benzene rings is 3. The molecular weight excluding hydrogens is 396 g/mol. The predicted octanol–water partition coefficient (Wildman–Crippen LogP) is 4.50. The number of hydrogen-bond acceptors (Lipinski definition) is 5. The number of carbonyl (C=O) groups excluding carboxylic acids is 1. The number of nitro benzene ring substituents is 1. The Morgan fingerprint density at radius 1 is 1.10 bits per heavy atom. The van der Waals surface area contributed by atoms with Gasteiger partial charge >= 0.3 is 5.69 Å². The zero-order chi connectivity index (χ0) is 20.8. The Bertz CT molecular complexity index is 1010. The molecule has 0 aliphatic carbocycles. The van der Waals surface area contributed by atoms with Gasteiger partial charge in [0.2, 0.25) is 5.75 Å². The first-order valence-electron chi connectivity index (χ1n) is 8.67. The molecular formula is C21H17ClN2O5. The molecule has 0 spiro atoms. The first-order valence-corrected chi connectivity index (χ1v) is 9.05. The van der Waals surface area contributed by atoms with E-state index in [0.717, 1.165) is 0 Å². The van der Waals surface area contributed by atoms with Crippen LogP contribution in [0.25, 0.3) is 0 Å². The number of nitrogens with zero attached hydrogens (tertiary/aromatic N) is 1. The van der Waals surface area contributed by atoms with Crippen LogP contribution in [0.1, 0.15) is 22.0 Å². The highest BCUT2D eigenvalue weighted by molar-refractivity contribution is 6.30. The van der Waals surface area contributed by atoms with Gasteiger partial charge < -0.3 is 15.2 Å². The number of aliphatic hydroxyl groups excluding tert-OH is 1. The molecule has 0 heterocycles. The zero-order valence-corrected chi connectivity index (χ0v) is 15.9. The molecule has 0 fully saturated rings. The fourth-order valence-corrected chi connectivity index (χ4v) is 2.77. The number of nitrogens with one attached hydrogen (secondary N) is 1. The lowest BCUT2D eigenvalue weighted by atomic mass is 10.1. The van der Waals surface area contributed by atoms with Gasteiger partial charge in [-0.1, -0.05) is 41.9 Å². The first-order chi connectivity index (χ1) is 13.9. The van der Waals surface area contributed by atoms with Crippen LogP contribution in [0, 0.1) is 10.1 Å². The lowest BCUT2D eigenvalue weighted by molar-refractivity contribution is -0.385. The molecule has 0 saturated carbocycles. The van der Waals surface area contributed by atoms with Crippen molar-refractivity contribution in [2.45, 2.75) is 6.10 Å². The van der Waals surface area contributed by atoms with E-state index >= 15 is 0 Å². The second-order valence-electron chi connectivity index (χ2n) is 6.13. The van der Waals surface area contributed by atoms with Gasteiger partial charge in [0.1, 0.15) is 5.75 Å². The fourth-order valence-electron chi connectivity index (χ4n) is 2.61. The summed E-state index contributed by atoms with van der Waals surface area (Å²) in [4.78, 5) is 22.8. The van der Waals surface area contributed by atoms with Gasteiger partial charge in [0.25, 0.3) is 5.91 Å². The summed E-state index contributed by atoms with van der Waals surface area (Å²) in [6, 6.07) is 19.2. The number of carbonyl (C=O) groups is 1. The minimum atomic E-state index is -0.812. The minimum absolute atomic E-state index is 0.0441. The SMILES string of the molecule is O=C(NCC(O)c1ccccc1)c1ccc(Oc2ccc(Cl)cc2[N+](=O)[O-])cc1. The van der Waals surface area contributed by atoms with Crippen LogP contribution < -0.4 is 10.1 Å². The molecule has 1 atom stereocenters. The van der Waals surface area contributed by atoms with E-state index in [1.807, 2.05) is 18.2 Å². The standard InChI is InChI=1S/C21H17ClN2O5/c22-16-8-11-20(18(12-16)24(27)28)29-17-9-6-15(7-10-17)21(26)23-13-19(25)14-4-2-1-3-5-14/h1-12,19,25H,13H2,(H,23,26). The van der Waals surface area contributed by atoms with Crippen LogP contribution in [0.3, 0.4) is 0 Å². The number of halogens is 1. The zero-order valence-electron chi connectivity index (χ0n) is 15.1. The Labute approximate surface area is 171 Å². The van der Waals surface area contributed by atoms with Crippen molar-refractivity contribution in [3.8, 4) is 11.5 Å². The summed E-state index contributed by atoms with van der Waals surface area (Å²) in [5.74, 6) is 0.0166. The van der Waals surface area contributed by atoms with Gasteiger partial charge in [0, 0.05) is 23.2 Å². The van der Waals surface area contributed by atoms with Crippen molar-refractivity contribution in [2.75, 3.05) is 6.54 Å². The summed E-state index contributed by atoms with van der Waals surface area (Å²) in [7, 11) is 0. The molecule has 7 nitrogen and oxygen atoms in total. The van der Waals surface area contributed by atoms with Gasteiger partial charge in [0.05, 0.1) is 11.0 Å². The second-order valence-corrected chi connectivity index (χ2v) is 6.57. The van der Waals surface area contributed by atoms with Crippen molar-refractivity contribution in [2.24, 2.45) is 0 Å². The number of hydrogen-bond donors (Lipinski definition) is 2. The Morgan fingerprint density at radius 2 is 1.79 bits per heavy atom. The predicted molar refractivity (Wildman–Crippen MR) is 108 cm³/mol. The molecule has 3 aromatic carbocycles. The molecule has 1 unspecified atom stereocenters. The Balaban J connectivity index is 1.63. The van der Waals surface area contributed by atoms with Gasteiger partial charge in [-0.25, -0.2) is 0 Å². The molecule has 0 bridgehead atoms. The van der Waals surface area contributed by atoms with E-state index in [-0.39, 0.29) is 28.9 Å². The van der Waals surface area contributed by atoms with Crippen molar-refractivity contribution in [3.63, 3.8) is 0 Å². The quantitative estimate of drug-likeness (QED) is 0.439. The second kappa shape index (κ2) is 9.18. The highest BCUT2D eigenvalue weighted by atomic mass is 35.5. The third-order valence-corrected chi connectivity index (χ3v) is 4.34. The number of aliphatic hydroxyl groups is 1. The molecule has 3 rings (SSSR count). The minimum Gasteiger partial charge on any atom is -0.450 e. The maximum Gasteiger partial charge on any atom is 0.313 e. The third kappa shape index (κ3) is 5.31. The summed E-state index contributed by atoms with van der Waals surface area (Å²) in [6.07, 6.45) is -0.812. The monoisotopic (exact) mass is 412 g/mol. The maximum atomic E-state index is 12.3. The number of nitro groups is 1. The van der Waals surface area contributed by atoms with Crippen molar-refractivity contribution in [1.82, 2.24) is 5.32 Å². The van der Waals surface area contributed by atoms with Gasteiger partial charge in [-0.3, -0.25) is 14.9 Å². The molecule has 0 saturated heterocycles. The fraction of sp³-hybridized carbons (Fsp3) is 0.0952. The molecule has 148 valence electrons. The van der Waals surface area contributed by atoms with Crippen LogP contribution in [0.4, 0.5) is 5.69 Å². The Kier molecular flexibility index (Phi) is 6.43. The molecule has 3 aromatic rings. The summed E-state index contributed by atoms with van der Waals surface area (Å²) in [6.45, 7) is 0.0675. The van der Waals surface area contributed by atoms with Gasteiger partial charge in [-0.05, 0) is 42.0 Å². The largest absolute Gasteiger partial charge is 0.450 e. The van der Waals surface area contributed by atoms with E-state index in [2.05, 4.69) is 5.32 Å². The molecule has 29 heavy (non-hydrogen) atoms. The van der Waals surface area contributed by atoms with Crippen molar-refractivity contribution in [1.29, 1.82) is 0 Å². The van der Waals surface area contributed by atoms with Crippen molar-refractivity contribution in [3.05, 3.63) is 99.1 Å². The first kappa shape index (κ1) is 20.3. The van der Waals surface area contributed by atoms with E-state index in [0.29, 0.717) is 16.9 Å². The average molecular weight is 413 g/mol. The summed E-state index contributed by atoms with van der Waals surface area (Å²) in [5.41, 5.74) is 0.818. The maximum absolute atomic E-state index is 12.3. The normalized spacial score (nSPS) is 11.5. The van der Waals surface area contributed by atoms with Crippen LogP contribution in [-0.4, -0.2) is 22.5 Å². The average Bonchev–Trinajstić information content (AvgIpc) is 2.74. The van der Waals surface area contributed by atoms with E-state index in [1.165, 1.54) is 42.5 Å². The van der Waals surface area contributed by atoms with E-state index in [4.69, 9.17) is 16.3 Å². The number of ether oxygens (including phenoxy) is 1. The van der Waals surface area contributed by atoms with Crippen LogP contribution >= 0.6 is 11.6 Å². The molecule has 0 aliphatic rings. The van der Waals surface area contributed by atoms with Crippen molar-refractivity contribution >= 4 is 23.2 Å². The summed E-state index contributed by atoms with van der Waals surface area (Å²) < 4.78 is 5.54. The smallest absolute Gasteiger partial charge is 0.313 e. The highest BCUT2D eigenvalue weighted by Gasteiger charge is 2.17. The molecule has 0 aliphatic heterocycles. The summed E-state index contributed by atoms with van der Waals surface area (Å²) >= 11 is 5.79. The van der Waals surface area contributed by atoms with Gasteiger partial charge in [-0.15, -0.1) is 0 Å². The van der Waals surface area contributed by atoms with Crippen LogP contribution in [0.5, 0.6) is 11.5 Å². The van der Waals surface area contributed by atoms with Crippen molar-refractivity contribution < 1.29 is 19.6 Å². The molecule has 1 amide bonds. The highest BCUT2D eigenvalue weighted by Crippen LogP contribution is 2.33. The van der Waals surface area contributed by atoms with E-state index in [9.17, 15) is 20.0 Å².